The van der Waals surface area contributed by atoms with Gasteiger partial charge < -0.3 is 15.5 Å². The summed E-state index contributed by atoms with van der Waals surface area (Å²) in [5.41, 5.74) is 8.29. The summed E-state index contributed by atoms with van der Waals surface area (Å²) in [6.07, 6.45) is 1.50. The topological polar surface area (TPSA) is 68.3 Å². The van der Waals surface area contributed by atoms with Crippen molar-refractivity contribution in [3.8, 4) is 0 Å². The molecule has 1 atom stereocenters. The molecule has 94 valence electrons. The van der Waals surface area contributed by atoms with E-state index in [1.165, 1.54) is 6.26 Å². The van der Waals surface area contributed by atoms with E-state index in [4.69, 9.17) is 10.2 Å². The lowest BCUT2D eigenvalue weighted by molar-refractivity contribution is 0.0995. The van der Waals surface area contributed by atoms with Gasteiger partial charge in [0.1, 0.15) is 0 Å². The van der Waals surface area contributed by atoms with Crippen molar-refractivity contribution in [2.75, 3.05) is 5.32 Å². The first-order chi connectivity index (χ1) is 8.59. The van der Waals surface area contributed by atoms with E-state index in [1.807, 2.05) is 38.1 Å². The van der Waals surface area contributed by atoms with Crippen molar-refractivity contribution in [1.29, 1.82) is 0 Å². The zero-order valence-corrected chi connectivity index (χ0v) is 10.4. The van der Waals surface area contributed by atoms with Crippen molar-refractivity contribution in [1.82, 2.24) is 0 Å². The number of carbonyl (C=O) groups excluding carboxylic acids is 1. The summed E-state index contributed by atoms with van der Waals surface area (Å²) in [6, 6.07) is 9.10. The van der Waals surface area contributed by atoms with Crippen LogP contribution >= 0.6 is 0 Å². The number of benzene rings is 1. The van der Waals surface area contributed by atoms with E-state index < -0.39 is 0 Å². The number of aryl methyl sites for hydroxylation is 1. The Morgan fingerprint density at radius 1 is 1.33 bits per heavy atom. The molecule has 1 aromatic heterocycles. The van der Waals surface area contributed by atoms with E-state index >= 15 is 0 Å². The van der Waals surface area contributed by atoms with Gasteiger partial charge in [0.25, 0.3) is 5.91 Å². The maximum Gasteiger partial charge on any atom is 0.291 e. The van der Waals surface area contributed by atoms with Gasteiger partial charge in [-0.15, -0.1) is 0 Å². The predicted molar refractivity (Wildman–Crippen MR) is 70.4 cm³/mol. The molecule has 2 rings (SSSR count). The molecule has 0 aliphatic rings. The van der Waals surface area contributed by atoms with Gasteiger partial charge in [-0.25, -0.2) is 0 Å². The molecule has 0 saturated carbocycles. The quantitative estimate of drug-likeness (QED) is 0.872. The molecule has 18 heavy (non-hydrogen) atoms. The number of anilines is 1. The summed E-state index contributed by atoms with van der Waals surface area (Å²) >= 11 is 0. The molecule has 0 saturated heterocycles. The molecule has 0 aliphatic carbocycles. The fraction of sp³-hybridized carbons (Fsp3) is 0.214. The van der Waals surface area contributed by atoms with Crippen molar-refractivity contribution in [2.24, 2.45) is 5.73 Å². The Bertz CT molecular complexity index is 558. The largest absolute Gasteiger partial charge is 0.459 e. The number of hydrogen-bond acceptors (Lipinski definition) is 3. The third-order valence-electron chi connectivity index (χ3n) is 2.77. The molecule has 4 heteroatoms. The first-order valence-electron chi connectivity index (χ1n) is 5.79. The van der Waals surface area contributed by atoms with Gasteiger partial charge in [0.15, 0.2) is 5.76 Å². The second kappa shape index (κ2) is 5.06. The zero-order chi connectivity index (χ0) is 13.1. The summed E-state index contributed by atoms with van der Waals surface area (Å²) in [5, 5.41) is 2.82. The molecule has 1 aromatic carbocycles. The van der Waals surface area contributed by atoms with Crippen LogP contribution in [0.3, 0.4) is 0 Å². The molecular formula is C14H16N2O2. The minimum atomic E-state index is -0.259. The van der Waals surface area contributed by atoms with Gasteiger partial charge in [-0.3, -0.25) is 4.79 Å². The average molecular weight is 244 g/mol. The number of furan rings is 1. The van der Waals surface area contributed by atoms with Gasteiger partial charge in [0.2, 0.25) is 0 Å². The van der Waals surface area contributed by atoms with Crippen molar-refractivity contribution < 1.29 is 9.21 Å². The van der Waals surface area contributed by atoms with Gasteiger partial charge in [-0.05, 0) is 31.5 Å². The Balaban J connectivity index is 2.25. The van der Waals surface area contributed by atoms with E-state index in [0.29, 0.717) is 11.4 Å². The standard InChI is InChI=1S/C14H16N2O2/c1-9-7-8-18-13(9)14(17)16-12-6-4-3-5-11(12)10(2)15/h3-8,10H,15H2,1-2H3,(H,16,17). The van der Waals surface area contributed by atoms with Gasteiger partial charge in [0, 0.05) is 17.3 Å². The molecule has 0 bridgehead atoms. The van der Waals surface area contributed by atoms with Crippen LogP contribution in [0.4, 0.5) is 5.69 Å². The molecule has 2 aromatic rings. The monoisotopic (exact) mass is 244 g/mol. The maximum atomic E-state index is 12.0. The van der Waals surface area contributed by atoms with Crippen molar-refractivity contribution in [3.63, 3.8) is 0 Å². The highest BCUT2D eigenvalue weighted by molar-refractivity contribution is 6.03. The lowest BCUT2D eigenvalue weighted by Gasteiger charge is -2.13. The third-order valence-corrected chi connectivity index (χ3v) is 2.77. The van der Waals surface area contributed by atoms with E-state index in [2.05, 4.69) is 5.32 Å². The summed E-state index contributed by atoms with van der Waals surface area (Å²) < 4.78 is 5.16. The van der Waals surface area contributed by atoms with Crippen LogP contribution in [0.25, 0.3) is 0 Å². The highest BCUT2D eigenvalue weighted by Crippen LogP contribution is 2.22. The second-order valence-electron chi connectivity index (χ2n) is 4.26. The molecule has 1 amide bonds. The van der Waals surface area contributed by atoms with Crippen LogP contribution in [-0.4, -0.2) is 5.91 Å². The molecule has 1 heterocycles. The summed E-state index contributed by atoms with van der Waals surface area (Å²) in [6.45, 7) is 3.71. The van der Waals surface area contributed by atoms with E-state index in [1.54, 1.807) is 6.07 Å². The van der Waals surface area contributed by atoms with Crippen LogP contribution in [0.15, 0.2) is 41.0 Å². The average Bonchev–Trinajstić information content (AvgIpc) is 2.76. The van der Waals surface area contributed by atoms with E-state index in [0.717, 1.165) is 11.1 Å². The molecule has 3 N–H and O–H groups in total. The Hall–Kier alpha value is -2.07. The van der Waals surface area contributed by atoms with Crippen LogP contribution in [0.2, 0.25) is 0 Å². The summed E-state index contributed by atoms with van der Waals surface area (Å²) in [7, 11) is 0. The van der Waals surface area contributed by atoms with Crippen LogP contribution in [-0.2, 0) is 0 Å². The van der Waals surface area contributed by atoms with Gasteiger partial charge in [-0.2, -0.15) is 0 Å². The lowest BCUT2D eigenvalue weighted by atomic mass is 10.1. The van der Waals surface area contributed by atoms with Gasteiger partial charge >= 0.3 is 0 Å². The Morgan fingerprint density at radius 2 is 2.06 bits per heavy atom. The molecule has 0 spiro atoms. The minimum Gasteiger partial charge on any atom is -0.459 e. The molecule has 0 aliphatic heterocycles. The number of para-hydroxylation sites is 1. The van der Waals surface area contributed by atoms with Crippen LogP contribution in [0, 0.1) is 6.92 Å². The Morgan fingerprint density at radius 3 is 2.67 bits per heavy atom. The molecule has 0 radical (unpaired) electrons. The summed E-state index contributed by atoms with van der Waals surface area (Å²) in [4.78, 5) is 12.0. The van der Waals surface area contributed by atoms with Gasteiger partial charge in [-0.1, -0.05) is 18.2 Å². The molecule has 0 fully saturated rings. The molecule has 1 unspecified atom stereocenters. The SMILES string of the molecule is Cc1ccoc1C(=O)Nc1ccccc1C(C)N. The normalized spacial score (nSPS) is 12.2. The number of nitrogens with one attached hydrogen (secondary N) is 1. The smallest absolute Gasteiger partial charge is 0.291 e. The van der Waals surface area contributed by atoms with E-state index in [9.17, 15) is 4.79 Å². The number of amides is 1. The number of carbonyl (C=O) groups is 1. The number of hydrogen-bond donors (Lipinski definition) is 2. The fourth-order valence-corrected chi connectivity index (χ4v) is 1.79. The highest BCUT2D eigenvalue weighted by atomic mass is 16.3. The van der Waals surface area contributed by atoms with E-state index in [-0.39, 0.29) is 11.9 Å². The highest BCUT2D eigenvalue weighted by Gasteiger charge is 2.15. The first kappa shape index (κ1) is 12.4. The van der Waals surface area contributed by atoms with Gasteiger partial charge in [0.05, 0.1) is 6.26 Å². The van der Waals surface area contributed by atoms with Crippen LogP contribution < -0.4 is 11.1 Å². The van der Waals surface area contributed by atoms with Crippen LogP contribution in [0.1, 0.15) is 34.6 Å². The summed E-state index contributed by atoms with van der Waals surface area (Å²) in [5.74, 6) is 0.0695. The zero-order valence-electron chi connectivity index (χ0n) is 10.4. The lowest BCUT2D eigenvalue weighted by Crippen LogP contribution is -2.16. The molecule has 4 nitrogen and oxygen atoms in total. The van der Waals surface area contributed by atoms with Crippen molar-refractivity contribution >= 4 is 11.6 Å². The number of rotatable bonds is 3. The molecular weight excluding hydrogens is 228 g/mol. The van der Waals surface area contributed by atoms with Crippen molar-refractivity contribution in [3.05, 3.63) is 53.5 Å². The minimum absolute atomic E-state index is 0.140. The third kappa shape index (κ3) is 2.43. The maximum absolute atomic E-state index is 12.0. The Kier molecular flexibility index (Phi) is 3.48. The number of nitrogens with two attached hydrogens (primary N) is 1. The van der Waals surface area contributed by atoms with Crippen molar-refractivity contribution in [2.45, 2.75) is 19.9 Å². The second-order valence-corrected chi connectivity index (χ2v) is 4.26. The Labute approximate surface area is 106 Å². The fourth-order valence-electron chi connectivity index (χ4n) is 1.79. The first-order valence-corrected chi connectivity index (χ1v) is 5.79. The predicted octanol–water partition coefficient (Wildman–Crippen LogP) is 2.86. The van der Waals surface area contributed by atoms with Crippen LogP contribution in [0.5, 0.6) is 0 Å².